The van der Waals surface area contributed by atoms with E-state index >= 15 is 0 Å². The van der Waals surface area contributed by atoms with E-state index < -0.39 is 31.2 Å². The van der Waals surface area contributed by atoms with Crippen LogP contribution < -0.4 is 0 Å². The molecular formula is C15H13F3N2O3. The molecule has 1 saturated heterocycles. The fourth-order valence-electron chi connectivity index (χ4n) is 2.61. The van der Waals surface area contributed by atoms with Crippen LogP contribution in [0.3, 0.4) is 0 Å². The Morgan fingerprint density at radius 1 is 1.30 bits per heavy atom. The van der Waals surface area contributed by atoms with E-state index in [1.165, 1.54) is 0 Å². The molecule has 0 aliphatic carbocycles. The van der Waals surface area contributed by atoms with Crippen LogP contribution in [0.4, 0.5) is 13.2 Å². The lowest BCUT2D eigenvalue weighted by atomic mass is 10.1. The Kier molecular flexibility index (Phi) is 3.54. The average Bonchev–Trinajstić information content (AvgIpc) is 2.99. The quantitative estimate of drug-likeness (QED) is 0.852. The second-order valence-corrected chi connectivity index (χ2v) is 5.40. The lowest BCUT2D eigenvalue weighted by Gasteiger charge is -2.18. The van der Waals surface area contributed by atoms with Crippen molar-refractivity contribution in [1.82, 2.24) is 9.80 Å². The van der Waals surface area contributed by atoms with E-state index in [1.807, 2.05) is 0 Å². The van der Waals surface area contributed by atoms with Crippen LogP contribution in [0.1, 0.15) is 16.1 Å². The van der Waals surface area contributed by atoms with Gasteiger partial charge < -0.3 is 14.2 Å². The number of nitrogens with zero attached hydrogens (tertiary/aromatic N) is 2. The maximum Gasteiger partial charge on any atom is 0.406 e. The van der Waals surface area contributed by atoms with E-state index in [0.29, 0.717) is 16.0 Å². The predicted molar refractivity (Wildman–Crippen MR) is 74.6 cm³/mol. The normalized spacial score (nSPS) is 15.7. The highest BCUT2D eigenvalue weighted by molar-refractivity contribution is 6.01. The zero-order chi connectivity index (χ0) is 16.8. The molecule has 1 aromatic carbocycles. The van der Waals surface area contributed by atoms with E-state index in [1.54, 1.807) is 31.2 Å². The zero-order valence-electron chi connectivity index (χ0n) is 12.2. The molecule has 122 valence electrons. The molecule has 8 heteroatoms. The first-order valence-electron chi connectivity index (χ1n) is 6.88. The Balaban J connectivity index is 1.83. The maximum atomic E-state index is 12.5. The number of para-hydroxylation sites is 1. The summed E-state index contributed by atoms with van der Waals surface area (Å²) in [5, 5.41) is 0.758. The number of alkyl halides is 3. The molecule has 2 heterocycles. The average molecular weight is 326 g/mol. The number of rotatable bonds is 2. The van der Waals surface area contributed by atoms with Crippen molar-refractivity contribution >= 4 is 22.8 Å². The maximum absolute atomic E-state index is 12.5. The molecule has 2 amide bonds. The fraction of sp³-hybridized carbons (Fsp3) is 0.333. The summed E-state index contributed by atoms with van der Waals surface area (Å²) in [6, 6.07) is 7.04. The Morgan fingerprint density at radius 2 is 2.00 bits per heavy atom. The lowest BCUT2D eigenvalue weighted by Crippen LogP contribution is -2.37. The molecule has 0 N–H and O–H groups in total. The summed E-state index contributed by atoms with van der Waals surface area (Å²) in [5.41, 5.74) is 1.12. The van der Waals surface area contributed by atoms with Crippen molar-refractivity contribution < 1.29 is 27.2 Å². The van der Waals surface area contributed by atoms with Gasteiger partial charge >= 0.3 is 6.18 Å². The molecule has 0 unspecified atom stereocenters. The molecule has 3 rings (SSSR count). The number of fused-ring (bicyclic) bond motifs is 1. The molecule has 1 aliphatic rings. The standard InChI is InChI=1S/C15H13F3N2O3/c1-9-10-4-2-3-5-11(10)23-13(9)14(22)19-6-12(21)20(8-19)7-15(16,17)18/h2-5H,6-8H2,1H3. The highest BCUT2D eigenvalue weighted by atomic mass is 19.4. The Morgan fingerprint density at radius 3 is 2.65 bits per heavy atom. The number of furan rings is 1. The van der Waals surface area contributed by atoms with Gasteiger partial charge in [-0.3, -0.25) is 9.59 Å². The van der Waals surface area contributed by atoms with Gasteiger partial charge in [-0.2, -0.15) is 13.2 Å². The summed E-state index contributed by atoms with van der Waals surface area (Å²) in [5.74, 6) is -1.27. The van der Waals surface area contributed by atoms with Crippen molar-refractivity contribution in [1.29, 1.82) is 0 Å². The first-order chi connectivity index (χ1) is 10.8. The third-order valence-corrected chi connectivity index (χ3v) is 3.72. The molecule has 23 heavy (non-hydrogen) atoms. The van der Waals surface area contributed by atoms with Gasteiger partial charge in [0.1, 0.15) is 18.7 Å². The van der Waals surface area contributed by atoms with Crippen molar-refractivity contribution in [3.8, 4) is 0 Å². The van der Waals surface area contributed by atoms with Crippen LogP contribution in [0.5, 0.6) is 0 Å². The van der Waals surface area contributed by atoms with Crippen LogP contribution >= 0.6 is 0 Å². The van der Waals surface area contributed by atoms with Gasteiger partial charge in [0, 0.05) is 10.9 Å². The summed E-state index contributed by atoms with van der Waals surface area (Å²) in [7, 11) is 0. The van der Waals surface area contributed by atoms with Gasteiger partial charge in [0.15, 0.2) is 5.76 Å². The van der Waals surface area contributed by atoms with Crippen molar-refractivity contribution in [2.24, 2.45) is 0 Å². The smallest absolute Gasteiger partial charge is 0.406 e. The van der Waals surface area contributed by atoms with Gasteiger partial charge in [-0.25, -0.2) is 0 Å². The summed E-state index contributed by atoms with van der Waals surface area (Å²) < 4.78 is 42.8. The molecule has 1 aliphatic heterocycles. The van der Waals surface area contributed by atoms with Crippen LogP contribution in [0.2, 0.25) is 0 Å². The van der Waals surface area contributed by atoms with Crippen LogP contribution in [-0.4, -0.2) is 47.5 Å². The molecule has 2 aromatic rings. The topological polar surface area (TPSA) is 53.8 Å². The first-order valence-corrected chi connectivity index (χ1v) is 6.88. The second-order valence-electron chi connectivity index (χ2n) is 5.40. The van der Waals surface area contributed by atoms with E-state index in [4.69, 9.17) is 4.42 Å². The summed E-state index contributed by atoms with van der Waals surface area (Å²) in [6.07, 6.45) is -4.50. The van der Waals surface area contributed by atoms with E-state index in [9.17, 15) is 22.8 Å². The van der Waals surface area contributed by atoms with Gasteiger partial charge in [-0.1, -0.05) is 18.2 Å². The van der Waals surface area contributed by atoms with Crippen molar-refractivity contribution in [2.45, 2.75) is 13.1 Å². The van der Waals surface area contributed by atoms with Gasteiger partial charge in [0.05, 0.1) is 6.67 Å². The van der Waals surface area contributed by atoms with Gasteiger partial charge in [0.2, 0.25) is 5.91 Å². The molecule has 0 bridgehead atoms. The third-order valence-electron chi connectivity index (χ3n) is 3.72. The molecule has 0 spiro atoms. The third kappa shape index (κ3) is 2.88. The molecular weight excluding hydrogens is 313 g/mol. The Labute approximate surface area is 129 Å². The number of amides is 2. The number of benzene rings is 1. The minimum absolute atomic E-state index is 0.0489. The highest BCUT2D eigenvalue weighted by Crippen LogP contribution is 2.27. The van der Waals surface area contributed by atoms with Gasteiger partial charge in [0.25, 0.3) is 5.91 Å². The van der Waals surface area contributed by atoms with Crippen LogP contribution in [-0.2, 0) is 4.79 Å². The molecule has 0 atom stereocenters. The largest absolute Gasteiger partial charge is 0.451 e. The summed E-state index contributed by atoms with van der Waals surface area (Å²) >= 11 is 0. The molecule has 0 saturated carbocycles. The highest BCUT2D eigenvalue weighted by Gasteiger charge is 2.39. The monoisotopic (exact) mass is 326 g/mol. The van der Waals surface area contributed by atoms with Crippen molar-refractivity contribution in [2.75, 3.05) is 19.8 Å². The van der Waals surface area contributed by atoms with Crippen LogP contribution in [0, 0.1) is 6.92 Å². The van der Waals surface area contributed by atoms with Gasteiger partial charge in [-0.05, 0) is 13.0 Å². The minimum Gasteiger partial charge on any atom is -0.451 e. The number of carbonyl (C=O) groups is 2. The van der Waals surface area contributed by atoms with Crippen molar-refractivity contribution in [3.63, 3.8) is 0 Å². The molecule has 1 fully saturated rings. The number of hydrogen-bond acceptors (Lipinski definition) is 3. The number of aryl methyl sites for hydroxylation is 1. The first kappa shape index (κ1) is 15.4. The molecule has 1 aromatic heterocycles. The molecule has 5 nitrogen and oxygen atoms in total. The molecule has 0 radical (unpaired) electrons. The summed E-state index contributed by atoms with van der Waals surface area (Å²) in [6.45, 7) is -0.446. The predicted octanol–water partition coefficient (Wildman–Crippen LogP) is 2.55. The second kappa shape index (κ2) is 5.29. The minimum atomic E-state index is -4.50. The van der Waals surface area contributed by atoms with E-state index in [-0.39, 0.29) is 12.3 Å². The van der Waals surface area contributed by atoms with E-state index in [0.717, 1.165) is 10.3 Å². The number of carbonyl (C=O) groups excluding carboxylic acids is 2. The zero-order valence-corrected chi connectivity index (χ0v) is 12.2. The SMILES string of the molecule is Cc1c(C(=O)N2CC(=O)N(CC(F)(F)F)C2)oc2ccccc12. The Bertz CT molecular complexity index is 782. The van der Waals surface area contributed by atoms with E-state index in [2.05, 4.69) is 0 Å². The van der Waals surface area contributed by atoms with Crippen LogP contribution in [0.15, 0.2) is 28.7 Å². The fourth-order valence-corrected chi connectivity index (χ4v) is 2.61. The van der Waals surface area contributed by atoms with Gasteiger partial charge in [-0.15, -0.1) is 0 Å². The summed E-state index contributed by atoms with van der Waals surface area (Å²) in [4.78, 5) is 25.8. The van der Waals surface area contributed by atoms with Crippen molar-refractivity contribution in [3.05, 3.63) is 35.6 Å². The van der Waals surface area contributed by atoms with Crippen LogP contribution in [0.25, 0.3) is 11.0 Å². The Hall–Kier alpha value is -2.51. The number of halogens is 3. The lowest BCUT2D eigenvalue weighted by molar-refractivity contribution is -0.157. The number of hydrogen-bond donors (Lipinski definition) is 0.